The number of nitrogens with zero attached hydrogens (tertiary/aromatic N) is 1. The van der Waals surface area contributed by atoms with Gasteiger partial charge in [0.15, 0.2) is 0 Å². The lowest BCUT2D eigenvalue weighted by Gasteiger charge is -1.99. The number of hydrogen-bond donors (Lipinski definition) is 0. The molecule has 1 aromatic carbocycles. The van der Waals surface area contributed by atoms with Gasteiger partial charge in [0.05, 0.1) is 16.5 Å². The van der Waals surface area contributed by atoms with E-state index in [1.54, 1.807) is 11.3 Å². The molecule has 0 radical (unpaired) electrons. The van der Waals surface area contributed by atoms with Crippen LogP contribution in [0.4, 0.5) is 0 Å². The predicted molar refractivity (Wildman–Crippen MR) is 84.0 cm³/mol. The quantitative estimate of drug-likeness (QED) is 0.790. The van der Waals surface area contributed by atoms with E-state index in [2.05, 4.69) is 29.2 Å². The zero-order chi connectivity index (χ0) is 14.4. The molecule has 0 unspecified atom stereocenters. The highest BCUT2D eigenvalue weighted by molar-refractivity contribution is 7.90. The number of aryl methyl sites for hydroxylation is 3. The van der Waals surface area contributed by atoms with Crippen LogP contribution in [-0.2, 0) is 29.1 Å². The molecule has 0 fully saturated rings. The summed E-state index contributed by atoms with van der Waals surface area (Å²) in [6.07, 6.45) is 4.87. The third kappa shape index (κ3) is 5.43. The van der Waals surface area contributed by atoms with Crippen molar-refractivity contribution in [2.75, 3.05) is 12.0 Å². The zero-order valence-corrected chi connectivity index (χ0v) is 13.2. The molecule has 5 heteroatoms. The van der Waals surface area contributed by atoms with Crippen LogP contribution in [-0.4, -0.2) is 25.4 Å². The Labute approximate surface area is 124 Å². The molecule has 0 aliphatic rings. The van der Waals surface area contributed by atoms with Gasteiger partial charge in [0.25, 0.3) is 0 Å². The van der Waals surface area contributed by atoms with Crippen molar-refractivity contribution in [3.05, 3.63) is 52.0 Å². The van der Waals surface area contributed by atoms with Gasteiger partial charge < -0.3 is 0 Å². The Morgan fingerprint density at radius 1 is 1.10 bits per heavy atom. The number of rotatable bonds is 7. The standard InChI is InChI=1S/C15H19NO2S2/c1-20(17,18)11-10-14-12-19-15(16-14)9-5-8-13-6-3-2-4-7-13/h2-4,6-7,12H,5,8-11H2,1H3. The zero-order valence-electron chi connectivity index (χ0n) is 11.6. The van der Waals surface area contributed by atoms with Crippen LogP contribution < -0.4 is 0 Å². The van der Waals surface area contributed by atoms with Gasteiger partial charge >= 0.3 is 0 Å². The number of sulfone groups is 1. The van der Waals surface area contributed by atoms with E-state index >= 15 is 0 Å². The molecule has 108 valence electrons. The van der Waals surface area contributed by atoms with Gasteiger partial charge in [-0.05, 0) is 24.8 Å². The molecule has 0 atom stereocenters. The Kier molecular flexibility index (Phi) is 5.31. The fraction of sp³-hybridized carbons (Fsp3) is 0.400. The van der Waals surface area contributed by atoms with E-state index in [1.165, 1.54) is 11.8 Å². The van der Waals surface area contributed by atoms with E-state index in [-0.39, 0.29) is 5.75 Å². The van der Waals surface area contributed by atoms with Crippen molar-refractivity contribution < 1.29 is 8.42 Å². The summed E-state index contributed by atoms with van der Waals surface area (Å²) in [6, 6.07) is 10.4. The van der Waals surface area contributed by atoms with Crippen LogP contribution in [0.2, 0.25) is 0 Å². The Balaban J connectivity index is 1.78. The minimum Gasteiger partial charge on any atom is -0.246 e. The Morgan fingerprint density at radius 3 is 2.55 bits per heavy atom. The fourth-order valence-electron chi connectivity index (χ4n) is 1.96. The molecule has 1 heterocycles. The first-order valence-corrected chi connectivity index (χ1v) is 9.62. The number of thiazole rings is 1. The minimum atomic E-state index is -2.90. The molecular weight excluding hydrogens is 290 g/mol. The average molecular weight is 309 g/mol. The van der Waals surface area contributed by atoms with Crippen molar-refractivity contribution in [3.8, 4) is 0 Å². The second-order valence-corrected chi connectivity index (χ2v) is 8.15. The van der Waals surface area contributed by atoms with Crippen LogP contribution >= 0.6 is 11.3 Å². The molecule has 1 aromatic heterocycles. The molecule has 0 aliphatic heterocycles. The van der Waals surface area contributed by atoms with E-state index < -0.39 is 9.84 Å². The molecule has 0 saturated carbocycles. The van der Waals surface area contributed by atoms with Crippen LogP contribution in [0.5, 0.6) is 0 Å². The van der Waals surface area contributed by atoms with Crippen molar-refractivity contribution in [2.45, 2.75) is 25.7 Å². The lowest BCUT2D eigenvalue weighted by atomic mass is 10.1. The number of hydrogen-bond acceptors (Lipinski definition) is 4. The Hall–Kier alpha value is -1.20. The van der Waals surface area contributed by atoms with Gasteiger partial charge in [-0.3, -0.25) is 0 Å². The third-order valence-corrected chi connectivity index (χ3v) is 4.93. The molecule has 2 rings (SSSR count). The first-order valence-electron chi connectivity index (χ1n) is 6.68. The highest BCUT2D eigenvalue weighted by atomic mass is 32.2. The number of benzene rings is 1. The largest absolute Gasteiger partial charge is 0.246 e. The van der Waals surface area contributed by atoms with Crippen LogP contribution in [0.1, 0.15) is 22.7 Å². The molecule has 2 aromatic rings. The summed E-state index contributed by atoms with van der Waals surface area (Å²) in [6.45, 7) is 0. The van der Waals surface area contributed by atoms with Gasteiger partial charge in [0.1, 0.15) is 9.84 Å². The van der Waals surface area contributed by atoms with Gasteiger partial charge in [-0.15, -0.1) is 11.3 Å². The van der Waals surface area contributed by atoms with Crippen LogP contribution in [0.15, 0.2) is 35.7 Å². The average Bonchev–Trinajstić information content (AvgIpc) is 2.85. The van der Waals surface area contributed by atoms with Gasteiger partial charge in [-0.25, -0.2) is 13.4 Å². The van der Waals surface area contributed by atoms with Crippen molar-refractivity contribution >= 4 is 21.2 Å². The Bertz CT molecular complexity index is 633. The summed E-state index contributed by atoms with van der Waals surface area (Å²) in [5.41, 5.74) is 2.25. The predicted octanol–water partition coefficient (Wildman–Crippen LogP) is 2.91. The molecule has 0 aliphatic carbocycles. The van der Waals surface area contributed by atoms with E-state index in [4.69, 9.17) is 0 Å². The van der Waals surface area contributed by atoms with Crippen molar-refractivity contribution in [1.29, 1.82) is 0 Å². The van der Waals surface area contributed by atoms with Crippen molar-refractivity contribution in [2.24, 2.45) is 0 Å². The molecule has 3 nitrogen and oxygen atoms in total. The molecule has 0 saturated heterocycles. The summed E-state index contributed by atoms with van der Waals surface area (Å²) in [7, 11) is -2.90. The lowest BCUT2D eigenvalue weighted by molar-refractivity contribution is 0.601. The van der Waals surface area contributed by atoms with E-state index in [0.29, 0.717) is 6.42 Å². The highest BCUT2D eigenvalue weighted by Gasteiger charge is 2.06. The van der Waals surface area contributed by atoms with Gasteiger partial charge in [0, 0.05) is 18.1 Å². The molecule has 0 spiro atoms. The third-order valence-electron chi connectivity index (χ3n) is 3.03. The van der Waals surface area contributed by atoms with Gasteiger partial charge in [-0.1, -0.05) is 30.3 Å². The number of aromatic nitrogens is 1. The minimum absolute atomic E-state index is 0.181. The highest BCUT2D eigenvalue weighted by Crippen LogP contribution is 2.14. The molecule has 0 amide bonds. The maximum Gasteiger partial charge on any atom is 0.147 e. The fourth-order valence-corrected chi connectivity index (χ4v) is 3.41. The van der Waals surface area contributed by atoms with Crippen LogP contribution in [0.25, 0.3) is 0 Å². The Morgan fingerprint density at radius 2 is 1.85 bits per heavy atom. The summed E-state index contributed by atoms with van der Waals surface area (Å²) in [4.78, 5) is 4.50. The maximum absolute atomic E-state index is 11.1. The second-order valence-electron chi connectivity index (χ2n) is 4.95. The molecule has 20 heavy (non-hydrogen) atoms. The first-order chi connectivity index (χ1) is 9.53. The normalized spacial score (nSPS) is 11.7. The lowest BCUT2D eigenvalue weighted by Crippen LogP contribution is -2.06. The SMILES string of the molecule is CS(=O)(=O)CCc1csc(CCCc2ccccc2)n1. The summed E-state index contributed by atoms with van der Waals surface area (Å²) < 4.78 is 22.2. The second kappa shape index (κ2) is 6.99. The first kappa shape index (κ1) is 15.2. The van der Waals surface area contributed by atoms with E-state index in [0.717, 1.165) is 30.0 Å². The molecule has 0 N–H and O–H groups in total. The van der Waals surface area contributed by atoms with Crippen molar-refractivity contribution in [1.82, 2.24) is 4.98 Å². The summed E-state index contributed by atoms with van der Waals surface area (Å²) in [5, 5.41) is 3.08. The van der Waals surface area contributed by atoms with Crippen molar-refractivity contribution in [3.63, 3.8) is 0 Å². The van der Waals surface area contributed by atoms with Crippen LogP contribution in [0.3, 0.4) is 0 Å². The summed E-state index contributed by atoms with van der Waals surface area (Å²) >= 11 is 1.63. The van der Waals surface area contributed by atoms with Gasteiger partial charge in [-0.2, -0.15) is 0 Å². The topological polar surface area (TPSA) is 47.0 Å². The summed E-state index contributed by atoms with van der Waals surface area (Å²) in [5.74, 6) is 0.181. The smallest absolute Gasteiger partial charge is 0.147 e. The van der Waals surface area contributed by atoms with E-state index in [1.807, 2.05) is 11.4 Å². The molecule has 0 bridgehead atoms. The monoisotopic (exact) mass is 309 g/mol. The van der Waals surface area contributed by atoms with Crippen LogP contribution in [0, 0.1) is 0 Å². The maximum atomic E-state index is 11.1. The van der Waals surface area contributed by atoms with E-state index in [9.17, 15) is 8.42 Å². The molecular formula is C15H19NO2S2. The van der Waals surface area contributed by atoms with Gasteiger partial charge in [0.2, 0.25) is 0 Å².